The van der Waals surface area contributed by atoms with Gasteiger partial charge in [0.2, 0.25) is 0 Å². The minimum atomic E-state index is 0.135. The second kappa shape index (κ2) is 3.99. The Morgan fingerprint density at radius 2 is 2.08 bits per heavy atom. The number of nitrogens with one attached hydrogen (secondary N) is 1. The van der Waals surface area contributed by atoms with E-state index in [1.165, 1.54) is 0 Å². The molecule has 0 saturated heterocycles. The van der Waals surface area contributed by atoms with Crippen LogP contribution in [0.1, 0.15) is 24.1 Å². The lowest BCUT2D eigenvalue weighted by Gasteiger charge is -2.14. The van der Waals surface area contributed by atoms with Gasteiger partial charge in [0, 0.05) is 22.2 Å². The van der Waals surface area contributed by atoms with Gasteiger partial charge in [-0.25, -0.2) is 0 Å². The van der Waals surface area contributed by atoms with Crippen LogP contribution < -0.4 is 5.32 Å². The van der Waals surface area contributed by atoms with E-state index in [0.717, 1.165) is 11.1 Å². The molecule has 1 rings (SSSR count). The standard InChI is InChI=1S/C10H14ClNO/c1-6-9(11)5-4-8(10(6)13)7(2)12-3/h4-5,7,12-13H,1-3H3/t7-/m1/s1. The van der Waals surface area contributed by atoms with Gasteiger partial charge >= 0.3 is 0 Å². The number of hydrogen-bond donors (Lipinski definition) is 2. The highest BCUT2D eigenvalue weighted by Gasteiger charge is 2.11. The molecule has 0 aliphatic rings. The largest absolute Gasteiger partial charge is 0.507 e. The fourth-order valence-corrected chi connectivity index (χ4v) is 1.35. The van der Waals surface area contributed by atoms with Gasteiger partial charge in [0.25, 0.3) is 0 Å². The molecule has 0 aliphatic carbocycles. The Kier molecular flexibility index (Phi) is 3.17. The van der Waals surface area contributed by atoms with Gasteiger partial charge in [0.15, 0.2) is 0 Å². The molecule has 72 valence electrons. The van der Waals surface area contributed by atoms with Gasteiger partial charge in [0.1, 0.15) is 5.75 Å². The Morgan fingerprint density at radius 3 is 2.62 bits per heavy atom. The molecule has 0 radical (unpaired) electrons. The lowest BCUT2D eigenvalue weighted by molar-refractivity contribution is 0.454. The van der Waals surface area contributed by atoms with Crippen molar-refractivity contribution in [2.75, 3.05) is 7.05 Å². The van der Waals surface area contributed by atoms with Crippen LogP contribution in [-0.2, 0) is 0 Å². The zero-order valence-corrected chi connectivity index (χ0v) is 8.81. The van der Waals surface area contributed by atoms with Crippen LogP contribution >= 0.6 is 11.6 Å². The van der Waals surface area contributed by atoms with Crippen molar-refractivity contribution in [3.63, 3.8) is 0 Å². The molecule has 1 aromatic rings. The zero-order chi connectivity index (χ0) is 10.0. The van der Waals surface area contributed by atoms with Crippen molar-refractivity contribution in [2.24, 2.45) is 0 Å². The number of aromatic hydroxyl groups is 1. The number of hydrogen-bond acceptors (Lipinski definition) is 2. The molecule has 2 nitrogen and oxygen atoms in total. The van der Waals surface area contributed by atoms with E-state index in [0.29, 0.717) is 5.02 Å². The predicted octanol–water partition coefficient (Wildman–Crippen LogP) is 2.63. The first-order valence-corrected chi connectivity index (χ1v) is 4.61. The first-order chi connectivity index (χ1) is 6.07. The number of halogens is 1. The first kappa shape index (κ1) is 10.4. The highest BCUT2D eigenvalue weighted by Crippen LogP contribution is 2.31. The summed E-state index contributed by atoms with van der Waals surface area (Å²) < 4.78 is 0. The molecule has 0 unspecified atom stereocenters. The van der Waals surface area contributed by atoms with Crippen molar-refractivity contribution in [3.05, 3.63) is 28.3 Å². The zero-order valence-electron chi connectivity index (χ0n) is 8.06. The summed E-state index contributed by atoms with van der Waals surface area (Å²) in [7, 11) is 1.86. The van der Waals surface area contributed by atoms with Crippen molar-refractivity contribution >= 4 is 11.6 Å². The molecule has 0 spiro atoms. The molecular weight excluding hydrogens is 186 g/mol. The van der Waals surface area contributed by atoms with E-state index in [4.69, 9.17) is 11.6 Å². The number of phenols is 1. The monoisotopic (exact) mass is 199 g/mol. The van der Waals surface area contributed by atoms with E-state index in [-0.39, 0.29) is 11.8 Å². The molecule has 3 heteroatoms. The number of benzene rings is 1. The molecule has 13 heavy (non-hydrogen) atoms. The van der Waals surface area contributed by atoms with Gasteiger partial charge in [-0.15, -0.1) is 0 Å². The Morgan fingerprint density at radius 1 is 1.46 bits per heavy atom. The molecule has 0 heterocycles. The van der Waals surface area contributed by atoms with Crippen molar-refractivity contribution in [1.29, 1.82) is 0 Å². The highest BCUT2D eigenvalue weighted by atomic mass is 35.5. The maximum Gasteiger partial charge on any atom is 0.124 e. The van der Waals surface area contributed by atoms with Crippen LogP contribution in [0, 0.1) is 6.92 Å². The third-order valence-corrected chi connectivity index (χ3v) is 2.71. The maximum absolute atomic E-state index is 9.76. The van der Waals surface area contributed by atoms with Gasteiger partial charge < -0.3 is 10.4 Å². The van der Waals surface area contributed by atoms with Crippen molar-refractivity contribution in [3.8, 4) is 5.75 Å². The highest BCUT2D eigenvalue weighted by molar-refractivity contribution is 6.31. The van der Waals surface area contributed by atoms with Crippen LogP contribution in [0.5, 0.6) is 5.75 Å². The summed E-state index contributed by atoms with van der Waals surface area (Å²) in [6, 6.07) is 3.78. The fourth-order valence-electron chi connectivity index (χ4n) is 1.20. The minimum Gasteiger partial charge on any atom is -0.507 e. The molecule has 1 atom stereocenters. The maximum atomic E-state index is 9.76. The smallest absolute Gasteiger partial charge is 0.124 e. The summed E-state index contributed by atoms with van der Waals surface area (Å²) in [6.45, 7) is 3.80. The second-order valence-electron chi connectivity index (χ2n) is 3.12. The molecule has 1 aromatic carbocycles. The van der Waals surface area contributed by atoms with Crippen LogP contribution in [0.4, 0.5) is 0 Å². The number of rotatable bonds is 2. The molecule has 0 bridgehead atoms. The quantitative estimate of drug-likeness (QED) is 0.768. The van der Waals surface area contributed by atoms with E-state index in [1.807, 2.05) is 27.0 Å². The van der Waals surface area contributed by atoms with Gasteiger partial charge in [-0.2, -0.15) is 0 Å². The van der Waals surface area contributed by atoms with E-state index < -0.39 is 0 Å². The van der Waals surface area contributed by atoms with Crippen LogP contribution in [0.25, 0.3) is 0 Å². The van der Waals surface area contributed by atoms with Crippen LogP contribution in [0.15, 0.2) is 12.1 Å². The molecule has 0 saturated carbocycles. The second-order valence-corrected chi connectivity index (χ2v) is 3.53. The summed E-state index contributed by atoms with van der Waals surface area (Å²) in [5, 5.41) is 13.4. The third-order valence-electron chi connectivity index (χ3n) is 2.30. The average molecular weight is 200 g/mol. The normalized spacial score (nSPS) is 12.9. The number of phenolic OH excluding ortho intramolecular Hbond substituents is 1. The summed E-state index contributed by atoms with van der Waals surface area (Å²) in [4.78, 5) is 0. The van der Waals surface area contributed by atoms with E-state index in [2.05, 4.69) is 5.32 Å². The van der Waals surface area contributed by atoms with Crippen LogP contribution in [0.3, 0.4) is 0 Å². The Balaban J connectivity index is 3.18. The molecule has 0 fully saturated rings. The fraction of sp³-hybridized carbons (Fsp3) is 0.400. The van der Waals surface area contributed by atoms with Crippen LogP contribution in [0.2, 0.25) is 5.02 Å². The molecular formula is C10H14ClNO. The Bertz CT molecular complexity index is 312. The summed E-state index contributed by atoms with van der Waals surface area (Å²) in [5.41, 5.74) is 1.62. The predicted molar refractivity (Wildman–Crippen MR) is 55.3 cm³/mol. The van der Waals surface area contributed by atoms with Gasteiger partial charge in [-0.1, -0.05) is 17.7 Å². The molecule has 0 aliphatic heterocycles. The Hall–Kier alpha value is -0.730. The molecule has 0 aromatic heterocycles. The molecule has 0 amide bonds. The minimum absolute atomic E-state index is 0.135. The SMILES string of the molecule is CN[C@H](C)c1ccc(Cl)c(C)c1O. The lowest BCUT2D eigenvalue weighted by Crippen LogP contribution is -2.12. The van der Waals surface area contributed by atoms with Gasteiger partial charge in [-0.3, -0.25) is 0 Å². The van der Waals surface area contributed by atoms with Crippen LogP contribution in [-0.4, -0.2) is 12.2 Å². The molecule has 2 N–H and O–H groups in total. The van der Waals surface area contributed by atoms with Crippen molar-refractivity contribution < 1.29 is 5.11 Å². The third kappa shape index (κ3) is 1.95. The first-order valence-electron chi connectivity index (χ1n) is 4.23. The van der Waals surface area contributed by atoms with E-state index in [9.17, 15) is 5.11 Å². The van der Waals surface area contributed by atoms with Gasteiger partial charge in [-0.05, 0) is 27.0 Å². The van der Waals surface area contributed by atoms with Crippen molar-refractivity contribution in [2.45, 2.75) is 19.9 Å². The van der Waals surface area contributed by atoms with Gasteiger partial charge in [0.05, 0.1) is 0 Å². The summed E-state index contributed by atoms with van der Waals surface area (Å²) in [5.74, 6) is 0.286. The topological polar surface area (TPSA) is 32.3 Å². The summed E-state index contributed by atoms with van der Waals surface area (Å²) >= 11 is 5.85. The van der Waals surface area contributed by atoms with Crippen molar-refractivity contribution in [1.82, 2.24) is 5.32 Å². The average Bonchev–Trinajstić information content (AvgIpc) is 2.13. The lowest BCUT2D eigenvalue weighted by atomic mass is 10.0. The van der Waals surface area contributed by atoms with E-state index in [1.54, 1.807) is 6.07 Å². The van der Waals surface area contributed by atoms with E-state index >= 15 is 0 Å². The summed E-state index contributed by atoms with van der Waals surface area (Å²) in [6.07, 6.45) is 0. The Labute approximate surface area is 83.5 Å².